The van der Waals surface area contributed by atoms with Crippen LogP contribution in [-0.4, -0.2) is 17.6 Å². The zero-order valence-corrected chi connectivity index (χ0v) is 12.1. The Kier molecular flexibility index (Phi) is 5.35. The molecule has 110 valence electrons. The van der Waals surface area contributed by atoms with Crippen molar-refractivity contribution in [1.29, 1.82) is 0 Å². The van der Waals surface area contributed by atoms with Gasteiger partial charge in [-0.1, -0.05) is 30.3 Å². The maximum Gasteiger partial charge on any atom is 0.221 e. The topological polar surface area (TPSA) is 61.4 Å². The highest BCUT2D eigenvalue weighted by Crippen LogP contribution is 2.17. The van der Waals surface area contributed by atoms with Gasteiger partial charge in [-0.15, -0.1) is 0 Å². The summed E-state index contributed by atoms with van der Waals surface area (Å²) in [5.74, 6) is -0.0733. The van der Waals surface area contributed by atoms with E-state index in [4.69, 9.17) is 5.11 Å². The molecule has 0 unspecified atom stereocenters. The summed E-state index contributed by atoms with van der Waals surface area (Å²) in [4.78, 5) is 11.2. The van der Waals surface area contributed by atoms with Gasteiger partial charge in [-0.05, 0) is 35.7 Å². The van der Waals surface area contributed by atoms with Crippen molar-refractivity contribution < 1.29 is 9.90 Å². The Bertz CT molecular complexity index is 594. The summed E-state index contributed by atoms with van der Waals surface area (Å²) >= 11 is 0. The number of benzene rings is 2. The highest BCUT2D eigenvalue weighted by atomic mass is 16.2. The molecule has 0 fully saturated rings. The molecule has 3 N–H and O–H groups in total. The van der Waals surface area contributed by atoms with E-state index in [1.165, 1.54) is 6.92 Å². The van der Waals surface area contributed by atoms with Gasteiger partial charge in [-0.3, -0.25) is 4.79 Å². The Labute approximate surface area is 124 Å². The van der Waals surface area contributed by atoms with E-state index in [-0.39, 0.29) is 12.5 Å². The average molecular weight is 284 g/mol. The van der Waals surface area contributed by atoms with Crippen LogP contribution < -0.4 is 10.6 Å². The van der Waals surface area contributed by atoms with Crippen molar-refractivity contribution in [3.63, 3.8) is 0 Å². The quantitative estimate of drug-likeness (QED) is 0.764. The molecule has 0 spiro atoms. The summed E-state index contributed by atoms with van der Waals surface area (Å²) in [7, 11) is 0. The first-order chi connectivity index (χ1) is 10.2. The molecule has 0 aliphatic heterocycles. The molecule has 0 saturated heterocycles. The molecule has 0 bridgehead atoms. The van der Waals surface area contributed by atoms with Crippen LogP contribution in [0.4, 0.5) is 11.4 Å². The fourth-order valence-corrected chi connectivity index (χ4v) is 2.10. The SMILES string of the molecule is CC(=O)Nc1ccccc1CNc1ccc(CCO)cc1. The molecule has 0 aromatic heterocycles. The number of aliphatic hydroxyl groups excluding tert-OH is 1. The van der Waals surface area contributed by atoms with Crippen LogP contribution in [0.1, 0.15) is 18.1 Å². The van der Waals surface area contributed by atoms with Gasteiger partial charge < -0.3 is 15.7 Å². The van der Waals surface area contributed by atoms with E-state index in [0.29, 0.717) is 13.0 Å². The zero-order valence-electron chi connectivity index (χ0n) is 12.1. The van der Waals surface area contributed by atoms with Crippen molar-refractivity contribution in [3.05, 3.63) is 59.7 Å². The van der Waals surface area contributed by atoms with E-state index < -0.39 is 0 Å². The van der Waals surface area contributed by atoms with Crippen molar-refractivity contribution in [3.8, 4) is 0 Å². The number of carbonyl (C=O) groups excluding carboxylic acids is 1. The Morgan fingerprint density at radius 3 is 2.48 bits per heavy atom. The number of carbonyl (C=O) groups is 1. The van der Waals surface area contributed by atoms with Gasteiger partial charge >= 0.3 is 0 Å². The third-order valence-electron chi connectivity index (χ3n) is 3.17. The van der Waals surface area contributed by atoms with Gasteiger partial charge in [0.1, 0.15) is 0 Å². The van der Waals surface area contributed by atoms with Crippen LogP contribution in [0.5, 0.6) is 0 Å². The lowest BCUT2D eigenvalue weighted by molar-refractivity contribution is -0.114. The molecule has 2 rings (SSSR count). The molecule has 0 atom stereocenters. The summed E-state index contributed by atoms with van der Waals surface area (Å²) in [6.45, 7) is 2.30. The Morgan fingerprint density at radius 1 is 1.10 bits per heavy atom. The van der Waals surface area contributed by atoms with E-state index in [9.17, 15) is 4.79 Å². The number of hydrogen-bond acceptors (Lipinski definition) is 3. The molecule has 0 saturated carbocycles. The fourth-order valence-electron chi connectivity index (χ4n) is 2.10. The first-order valence-electron chi connectivity index (χ1n) is 6.98. The third-order valence-corrected chi connectivity index (χ3v) is 3.17. The maximum atomic E-state index is 11.2. The second-order valence-electron chi connectivity index (χ2n) is 4.86. The number of rotatable bonds is 6. The van der Waals surface area contributed by atoms with E-state index in [2.05, 4.69) is 10.6 Å². The summed E-state index contributed by atoms with van der Waals surface area (Å²) in [6, 6.07) is 15.7. The molecule has 21 heavy (non-hydrogen) atoms. The first kappa shape index (κ1) is 15.1. The van der Waals surface area contributed by atoms with Gasteiger partial charge in [-0.25, -0.2) is 0 Å². The molecule has 4 nitrogen and oxygen atoms in total. The van der Waals surface area contributed by atoms with E-state index in [1.807, 2.05) is 48.5 Å². The van der Waals surface area contributed by atoms with Crippen LogP contribution in [0.3, 0.4) is 0 Å². The van der Waals surface area contributed by atoms with Crippen LogP contribution in [-0.2, 0) is 17.8 Å². The van der Waals surface area contributed by atoms with Gasteiger partial charge in [0.05, 0.1) is 0 Å². The predicted molar refractivity (Wildman–Crippen MR) is 85.3 cm³/mol. The molecule has 2 aromatic rings. The molecule has 0 radical (unpaired) electrons. The van der Waals surface area contributed by atoms with E-state index in [1.54, 1.807) is 0 Å². The Balaban J connectivity index is 2.00. The molecule has 4 heteroatoms. The van der Waals surface area contributed by atoms with Crippen LogP contribution in [0.2, 0.25) is 0 Å². The lowest BCUT2D eigenvalue weighted by Gasteiger charge is -2.12. The monoisotopic (exact) mass is 284 g/mol. The minimum Gasteiger partial charge on any atom is -0.396 e. The summed E-state index contributed by atoms with van der Waals surface area (Å²) in [6.07, 6.45) is 0.672. The van der Waals surface area contributed by atoms with Crippen molar-refractivity contribution in [1.82, 2.24) is 0 Å². The van der Waals surface area contributed by atoms with Gasteiger partial charge in [-0.2, -0.15) is 0 Å². The van der Waals surface area contributed by atoms with Crippen molar-refractivity contribution in [2.75, 3.05) is 17.2 Å². The predicted octanol–water partition coefficient (Wildman–Crippen LogP) is 2.79. The standard InChI is InChI=1S/C17H20N2O2/c1-13(21)19-17-5-3-2-4-15(17)12-18-16-8-6-14(7-9-16)10-11-20/h2-9,18,20H,10-12H2,1H3,(H,19,21). The minimum atomic E-state index is -0.0733. The van der Waals surface area contributed by atoms with Crippen molar-refractivity contribution in [2.45, 2.75) is 19.9 Å². The first-order valence-corrected chi connectivity index (χ1v) is 6.98. The largest absolute Gasteiger partial charge is 0.396 e. The number of para-hydroxylation sites is 1. The summed E-state index contributed by atoms with van der Waals surface area (Å²) < 4.78 is 0. The van der Waals surface area contributed by atoms with Gasteiger partial charge in [0.15, 0.2) is 0 Å². The smallest absolute Gasteiger partial charge is 0.221 e. The Hall–Kier alpha value is -2.33. The van der Waals surface area contributed by atoms with Crippen LogP contribution in [0.15, 0.2) is 48.5 Å². The summed E-state index contributed by atoms with van der Waals surface area (Å²) in [5, 5.41) is 15.1. The maximum absolute atomic E-state index is 11.2. The Morgan fingerprint density at radius 2 is 1.81 bits per heavy atom. The van der Waals surface area contributed by atoms with Crippen molar-refractivity contribution >= 4 is 17.3 Å². The van der Waals surface area contributed by atoms with Crippen LogP contribution in [0.25, 0.3) is 0 Å². The number of anilines is 2. The second kappa shape index (κ2) is 7.45. The third kappa shape index (κ3) is 4.61. The second-order valence-corrected chi connectivity index (χ2v) is 4.86. The number of aliphatic hydroxyl groups is 1. The highest BCUT2D eigenvalue weighted by molar-refractivity contribution is 5.89. The molecular weight excluding hydrogens is 264 g/mol. The average Bonchev–Trinajstić information content (AvgIpc) is 2.48. The normalized spacial score (nSPS) is 10.2. The van der Waals surface area contributed by atoms with E-state index >= 15 is 0 Å². The van der Waals surface area contributed by atoms with Crippen molar-refractivity contribution in [2.24, 2.45) is 0 Å². The van der Waals surface area contributed by atoms with E-state index in [0.717, 1.165) is 22.5 Å². The molecular formula is C17H20N2O2. The summed E-state index contributed by atoms with van der Waals surface area (Å²) in [5.41, 5.74) is 3.98. The minimum absolute atomic E-state index is 0.0733. The highest BCUT2D eigenvalue weighted by Gasteiger charge is 2.03. The number of amides is 1. The number of nitrogens with one attached hydrogen (secondary N) is 2. The van der Waals surface area contributed by atoms with Crippen LogP contribution >= 0.6 is 0 Å². The van der Waals surface area contributed by atoms with Gasteiger partial charge in [0.2, 0.25) is 5.91 Å². The molecule has 0 heterocycles. The fraction of sp³-hybridized carbons (Fsp3) is 0.235. The molecule has 1 amide bonds. The van der Waals surface area contributed by atoms with Gasteiger partial charge in [0, 0.05) is 31.5 Å². The lowest BCUT2D eigenvalue weighted by Crippen LogP contribution is -2.10. The molecule has 0 aliphatic rings. The molecule has 0 aliphatic carbocycles. The zero-order chi connectivity index (χ0) is 15.1. The van der Waals surface area contributed by atoms with Gasteiger partial charge in [0.25, 0.3) is 0 Å². The lowest BCUT2D eigenvalue weighted by atomic mass is 10.1. The number of hydrogen-bond donors (Lipinski definition) is 3. The van der Waals surface area contributed by atoms with Crippen LogP contribution in [0, 0.1) is 0 Å². The molecule has 2 aromatic carbocycles.